The molecule has 0 aliphatic heterocycles. The Kier molecular flexibility index (Phi) is 4.03. The molecular formula is C11H12ClF3. The highest BCUT2D eigenvalue weighted by molar-refractivity contribution is 6.20. The number of rotatable bonds is 3. The van der Waals surface area contributed by atoms with Crippen LogP contribution in [0.25, 0.3) is 0 Å². The summed E-state index contributed by atoms with van der Waals surface area (Å²) < 4.78 is 36.0. The van der Waals surface area contributed by atoms with E-state index in [0.717, 1.165) is 11.1 Å². The first-order chi connectivity index (χ1) is 6.87. The van der Waals surface area contributed by atoms with E-state index in [9.17, 15) is 13.2 Å². The maximum atomic E-state index is 12.0. The van der Waals surface area contributed by atoms with Gasteiger partial charge in [0.25, 0.3) is 0 Å². The first-order valence-electron chi connectivity index (χ1n) is 4.63. The molecule has 15 heavy (non-hydrogen) atoms. The van der Waals surface area contributed by atoms with Gasteiger partial charge in [0.05, 0.1) is 6.42 Å². The Morgan fingerprint density at radius 1 is 1.33 bits per heavy atom. The van der Waals surface area contributed by atoms with Gasteiger partial charge in [-0.2, -0.15) is 13.2 Å². The van der Waals surface area contributed by atoms with Gasteiger partial charge < -0.3 is 0 Å². The summed E-state index contributed by atoms with van der Waals surface area (Å²) >= 11 is 5.63. The zero-order valence-electron chi connectivity index (χ0n) is 8.31. The molecule has 0 radical (unpaired) electrons. The molecule has 0 heterocycles. The average molecular weight is 237 g/mol. The summed E-state index contributed by atoms with van der Waals surface area (Å²) in [5.41, 5.74) is 1.88. The fourth-order valence-electron chi connectivity index (χ4n) is 1.42. The molecule has 4 heteroatoms. The normalized spacial score (nSPS) is 13.9. The maximum Gasteiger partial charge on any atom is 0.390 e. The Balaban J connectivity index is 2.55. The van der Waals surface area contributed by atoms with Crippen molar-refractivity contribution in [1.82, 2.24) is 0 Å². The van der Waals surface area contributed by atoms with Gasteiger partial charge in [0.15, 0.2) is 0 Å². The van der Waals surface area contributed by atoms with E-state index in [1.807, 2.05) is 25.1 Å². The average Bonchev–Trinajstić information content (AvgIpc) is 1.99. The van der Waals surface area contributed by atoms with E-state index in [1.165, 1.54) is 0 Å². The highest BCUT2D eigenvalue weighted by atomic mass is 35.5. The van der Waals surface area contributed by atoms with Crippen molar-refractivity contribution in [2.24, 2.45) is 0 Å². The highest BCUT2D eigenvalue weighted by Crippen LogP contribution is 2.26. The number of hydrogen-bond acceptors (Lipinski definition) is 0. The first kappa shape index (κ1) is 12.4. The third kappa shape index (κ3) is 5.07. The van der Waals surface area contributed by atoms with Gasteiger partial charge in [0, 0.05) is 5.38 Å². The van der Waals surface area contributed by atoms with Crippen molar-refractivity contribution in [3.05, 3.63) is 35.4 Å². The Bertz CT molecular complexity index is 320. The summed E-state index contributed by atoms with van der Waals surface area (Å²) in [5, 5.41) is -0.883. The van der Waals surface area contributed by atoms with Crippen LogP contribution >= 0.6 is 11.6 Å². The van der Waals surface area contributed by atoms with Crippen LogP contribution in [-0.4, -0.2) is 11.6 Å². The molecule has 0 aliphatic rings. The van der Waals surface area contributed by atoms with Crippen molar-refractivity contribution in [3.63, 3.8) is 0 Å². The van der Waals surface area contributed by atoms with E-state index < -0.39 is 18.0 Å². The smallest absolute Gasteiger partial charge is 0.171 e. The lowest BCUT2D eigenvalue weighted by atomic mass is 10.1. The predicted molar refractivity (Wildman–Crippen MR) is 55.2 cm³/mol. The number of alkyl halides is 4. The monoisotopic (exact) mass is 236 g/mol. The van der Waals surface area contributed by atoms with Gasteiger partial charge in [-0.25, -0.2) is 0 Å². The van der Waals surface area contributed by atoms with E-state index in [2.05, 4.69) is 0 Å². The van der Waals surface area contributed by atoms with Crippen LogP contribution in [0.1, 0.15) is 17.5 Å². The van der Waals surface area contributed by atoms with E-state index in [1.54, 1.807) is 6.07 Å². The lowest BCUT2D eigenvalue weighted by molar-refractivity contribution is -0.134. The van der Waals surface area contributed by atoms with Crippen LogP contribution in [-0.2, 0) is 6.42 Å². The maximum absolute atomic E-state index is 12.0. The molecule has 84 valence electrons. The zero-order valence-corrected chi connectivity index (χ0v) is 9.07. The van der Waals surface area contributed by atoms with E-state index in [0.29, 0.717) is 0 Å². The zero-order chi connectivity index (χ0) is 11.5. The topological polar surface area (TPSA) is 0 Å². The van der Waals surface area contributed by atoms with Crippen molar-refractivity contribution < 1.29 is 13.2 Å². The van der Waals surface area contributed by atoms with Crippen LogP contribution < -0.4 is 0 Å². The highest BCUT2D eigenvalue weighted by Gasteiger charge is 2.30. The summed E-state index contributed by atoms with van der Waals surface area (Å²) in [4.78, 5) is 0. The van der Waals surface area contributed by atoms with Gasteiger partial charge in [0.1, 0.15) is 0 Å². The Hall–Kier alpha value is -0.700. The van der Waals surface area contributed by atoms with Crippen molar-refractivity contribution in [1.29, 1.82) is 0 Å². The quantitative estimate of drug-likeness (QED) is 0.694. The molecule has 0 spiro atoms. The number of hydrogen-bond donors (Lipinski definition) is 0. The molecule has 1 aromatic rings. The van der Waals surface area contributed by atoms with Crippen molar-refractivity contribution in [3.8, 4) is 0 Å². The number of halogens is 4. The minimum Gasteiger partial charge on any atom is -0.171 e. The molecule has 0 bridgehead atoms. The molecule has 1 rings (SSSR count). The molecule has 1 atom stereocenters. The van der Waals surface area contributed by atoms with Crippen LogP contribution in [0.4, 0.5) is 13.2 Å². The van der Waals surface area contributed by atoms with Crippen molar-refractivity contribution in [2.45, 2.75) is 31.3 Å². The molecule has 0 saturated carbocycles. The summed E-state index contributed by atoms with van der Waals surface area (Å²) in [7, 11) is 0. The largest absolute Gasteiger partial charge is 0.390 e. The van der Waals surface area contributed by atoms with E-state index >= 15 is 0 Å². The molecule has 0 N–H and O–H groups in total. The molecule has 0 amide bonds. The standard InChI is InChI=1S/C11H12ClF3/c1-8-3-2-4-9(5-8)6-10(12)7-11(13,14)15/h2-5,10H,6-7H2,1H3. The second-order valence-electron chi connectivity index (χ2n) is 3.61. The lowest BCUT2D eigenvalue weighted by Gasteiger charge is -2.12. The van der Waals surface area contributed by atoms with Gasteiger partial charge in [-0.05, 0) is 18.9 Å². The van der Waals surface area contributed by atoms with Gasteiger partial charge in [-0.15, -0.1) is 11.6 Å². The summed E-state index contributed by atoms with van der Waals surface area (Å²) in [6.45, 7) is 1.90. The third-order valence-corrected chi connectivity index (χ3v) is 2.30. The minimum atomic E-state index is -4.18. The molecule has 0 nitrogen and oxygen atoms in total. The van der Waals surface area contributed by atoms with Crippen LogP contribution in [0, 0.1) is 6.92 Å². The third-order valence-electron chi connectivity index (χ3n) is 1.99. The first-order valence-corrected chi connectivity index (χ1v) is 5.07. The lowest BCUT2D eigenvalue weighted by Crippen LogP contribution is -2.17. The Labute approximate surface area is 92.1 Å². The Morgan fingerprint density at radius 3 is 2.53 bits per heavy atom. The molecule has 0 saturated heterocycles. The summed E-state index contributed by atoms with van der Waals surface area (Å²) in [6, 6.07) is 7.36. The predicted octanol–water partition coefficient (Wildman–Crippen LogP) is 4.10. The van der Waals surface area contributed by atoms with Crippen LogP contribution in [0.3, 0.4) is 0 Å². The van der Waals surface area contributed by atoms with Gasteiger partial charge in [-0.1, -0.05) is 29.8 Å². The van der Waals surface area contributed by atoms with Crippen LogP contribution in [0.5, 0.6) is 0 Å². The van der Waals surface area contributed by atoms with Gasteiger partial charge >= 0.3 is 6.18 Å². The molecule has 1 unspecified atom stereocenters. The fraction of sp³-hybridized carbons (Fsp3) is 0.455. The molecule has 0 fully saturated rings. The van der Waals surface area contributed by atoms with Gasteiger partial charge in [-0.3, -0.25) is 0 Å². The summed E-state index contributed by atoms with van der Waals surface area (Å²) in [5.74, 6) is 0. The summed E-state index contributed by atoms with van der Waals surface area (Å²) in [6.07, 6.45) is -4.87. The van der Waals surface area contributed by atoms with Gasteiger partial charge in [0.2, 0.25) is 0 Å². The molecule has 0 aromatic heterocycles. The number of benzene rings is 1. The Morgan fingerprint density at radius 2 is 2.00 bits per heavy atom. The van der Waals surface area contributed by atoms with Crippen LogP contribution in [0.2, 0.25) is 0 Å². The molecular weight excluding hydrogens is 225 g/mol. The SMILES string of the molecule is Cc1cccc(CC(Cl)CC(F)(F)F)c1. The van der Waals surface area contributed by atoms with Crippen LogP contribution in [0.15, 0.2) is 24.3 Å². The molecule has 0 aliphatic carbocycles. The van der Waals surface area contributed by atoms with Crippen molar-refractivity contribution >= 4 is 11.6 Å². The minimum absolute atomic E-state index is 0.253. The fourth-order valence-corrected chi connectivity index (χ4v) is 1.77. The van der Waals surface area contributed by atoms with E-state index in [-0.39, 0.29) is 6.42 Å². The van der Waals surface area contributed by atoms with E-state index in [4.69, 9.17) is 11.6 Å². The second-order valence-corrected chi connectivity index (χ2v) is 4.23. The van der Waals surface area contributed by atoms with Crippen molar-refractivity contribution in [2.75, 3.05) is 0 Å². The molecule has 1 aromatic carbocycles. The number of aryl methyl sites for hydroxylation is 1. The second kappa shape index (κ2) is 4.88.